The zero-order valence-electron chi connectivity index (χ0n) is 14.4. The summed E-state index contributed by atoms with van der Waals surface area (Å²) in [5.41, 5.74) is -0.00174. The van der Waals surface area contributed by atoms with E-state index in [4.69, 9.17) is 9.15 Å². The van der Waals surface area contributed by atoms with Crippen molar-refractivity contribution in [3.8, 4) is 0 Å². The third-order valence-electron chi connectivity index (χ3n) is 5.56. The molecule has 1 saturated carbocycles. The third kappa shape index (κ3) is 2.20. The molecule has 2 saturated heterocycles. The molecule has 3 fully saturated rings. The van der Waals surface area contributed by atoms with E-state index in [1.165, 1.54) is 0 Å². The number of hydrogen-bond acceptors (Lipinski definition) is 4. The molecule has 0 unspecified atom stereocenters. The molecule has 6 heteroatoms. The minimum atomic E-state index is -0.959. The van der Waals surface area contributed by atoms with Crippen LogP contribution in [0.1, 0.15) is 31.1 Å². The molecule has 3 heterocycles. The van der Waals surface area contributed by atoms with Crippen LogP contribution < -0.4 is 0 Å². The summed E-state index contributed by atoms with van der Waals surface area (Å²) in [7, 11) is 1.74. The second-order valence-electron chi connectivity index (χ2n) is 7.24. The van der Waals surface area contributed by atoms with E-state index < -0.39 is 17.0 Å². The van der Waals surface area contributed by atoms with Gasteiger partial charge in [0.15, 0.2) is 0 Å². The Morgan fingerprint density at radius 2 is 2.00 bits per heavy atom. The van der Waals surface area contributed by atoms with Crippen molar-refractivity contribution in [1.82, 2.24) is 4.90 Å². The number of para-hydroxylation sites is 1. The lowest BCUT2D eigenvalue weighted by Gasteiger charge is -2.42. The van der Waals surface area contributed by atoms with Crippen LogP contribution in [0.25, 0.3) is 11.0 Å². The Balaban J connectivity index is 1.56. The zero-order chi connectivity index (χ0) is 17.8. The second-order valence-corrected chi connectivity index (χ2v) is 7.24. The Kier molecular flexibility index (Phi) is 3.44. The largest absolute Gasteiger partial charge is 0.481 e. The van der Waals surface area contributed by atoms with E-state index >= 15 is 0 Å². The molecule has 6 nitrogen and oxygen atoms in total. The molecule has 5 rings (SSSR count). The van der Waals surface area contributed by atoms with Crippen LogP contribution in [0.3, 0.4) is 0 Å². The van der Waals surface area contributed by atoms with Gasteiger partial charge in [-0.05, 0) is 6.07 Å². The molecule has 1 amide bonds. The number of carboxylic acids is 1. The molecule has 0 atom stereocenters. The molecular weight excluding hydrogens is 322 g/mol. The van der Waals surface area contributed by atoms with Crippen molar-refractivity contribution in [2.24, 2.45) is 5.41 Å². The zero-order valence-corrected chi connectivity index (χ0v) is 14.4. The predicted octanol–water partition coefficient (Wildman–Crippen LogP) is 2.59. The fourth-order valence-corrected chi connectivity index (χ4v) is 4.21. The van der Waals surface area contributed by atoms with E-state index in [0.717, 1.165) is 28.7 Å². The van der Waals surface area contributed by atoms with Gasteiger partial charge in [0.1, 0.15) is 16.9 Å². The van der Waals surface area contributed by atoms with Crippen molar-refractivity contribution >= 4 is 22.8 Å². The third-order valence-corrected chi connectivity index (χ3v) is 5.56. The maximum Gasteiger partial charge on any atom is 0.312 e. The fraction of sp³-hybridized carbons (Fsp3) is 0.474. The highest BCUT2D eigenvalue weighted by Crippen LogP contribution is 2.58. The highest BCUT2D eigenvalue weighted by molar-refractivity contribution is 5.92. The van der Waals surface area contributed by atoms with Crippen molar-refractivity contribution in [2.75, 3.05) is 13.7 Å². The summed E-state index contributed by atoms with van der Waals surface area (Å²) >= 11 is 0. The molecule has 2 aliphatic heterocycles. The van der Waals surface area contributed by atoms with Gasteiger partial charge in [-0.2, -0.15) is 0 Å². The molecule has 2 aromatic rings. The molecule has 1 aromatic carbocycles. The molecule has 25 heavy (non-hydrogen) atoms. The number of benzene rings is 1. The van der Waals surface area contributed by atoms with Crippen LogP contribution in [-0.2, 0) is 27.3 Å². The number of fused-ring (bicyclic) bond motifs is 2. The van der Waals surface area contributed by atoms with E-state index in [2.05, 4.69) is 0 Å². The maximum absolute atomic E-state index is 12.9. The number of carboxylic acid groups (broad SMARTS) is 1. The van der Waals surface area contributed by atoms with E-state index in [1.54, 1.807) is 11.9 Å². The van der Waals surface area contributed by atoms with Gasteiger partial charge in [0.2, 0.25) is 0 Å². The standard InChI is InChI=1S/C19H21NO5/c1-3-14-13(12-6-4-5-7-15(12)25-14)8-20(2)16(21)19-9-18(10-19,11-24-19)17(22)23/h4-7H,3,8-11H2,1-2H3,(H,22,23). The Morgan fingerprint density at radius 3 is 2.64 bits per heavy atom. The number of nitrogens with zero attached hydrogens (tertiary/aromatic N) is 1. The minimum Gasteiger partial charge on any atom is -0.481 e. The van der Waals surface area contributed by atoms with Crippen molar-refractivity contribution in [1.29, 1.82) is 0 Å². The SMILES string of the molecule is CCc1oc2ccccc2c1CN(C)C(=O)C12CC(C(=O)O)(CO1)C2. The Hall–Kier alpha value is -2.34. The first-order valence-corrected chi connectivity index (χ1v) is 8.53. The van der Waals surface area contributed by atoms with Gasteiger partial charge >= 0.3 is 5.97 Å². The number of carbonyl (C=O) groups excluding carboxylic acids is 1. The highest BCUT2D eigenvalue weighted by Gasteiger charge is 2.70. The highest BCUT2D eigenvalue weighted by atomic mass is 16.5. The van der Waals surface area contributed by atoms with Crippen LogP contribution in [0, 0.1) is 5.41 Å². The summed E-state index contributed by atoms with van der Waals surface area (Å²) in [5.74, 6) is -0.140. The summed E-state index contributed by atoms with van der Waals surface area (Å²) in [6, 6.07) is 7.80. The summed E-state index contributed by atoms with van der Waals surface area (Å²) in [4.78, 5) is 25.9. The molecule has 1 aromatic heterocycles. The lowest BCUT2D eigenvalue weighted by Crippen LogP contribution is -2.57. The summed E-state index contributed by atoms with van der Waals surface area (Å²) in [6.45, 7) is 2.57. The van der Waals surface area contributed by atoms with E-state index in [-0.39, 0.29) is 25.4 Å². The normalized spacial score (nSPS) is 27.3. The monoisotopic (exact) mass is 343 g/mol. The molecule has 1 N–H and O–H groups in total. The molecular formula is C19H21NO5. The van der Waals surface area contributed by atoms with Crippen LogP contribution in [0.4, 0.5) is 0 Å². The van der Waals surface area contributed by atoms with Gasteiger partial charge in [0.25, 0.3) is 5.91 Å². The fourth-order valence-electron chi connectivity index (χ4n) is 4.21. The Bertz CT molecular complexity index is 862. The quantitative estimate of drug-likeness (QED) is 0.902. The van der Waals surface area contributed by atoms with Gasteiger partial charge in [0, 0.05) is 43.8 Å². The summed E-state index contributed by atoms with van der Waals surface area (Å²) < 4.78 is 11.5. The van der Waals surface area contributed by atoms with Gasteiger partial charge in [-0.15, -0.1) is 0 Å². The van der Waals surface area contributed by atoms with Crippen molar-refractivity contribution in [3.05, 3.63) is 35.6 Å². The maximum atomic E-state index is 12.9. The Labute approximate surface area is 145 Å². The van der Waals surface area contributed by atoms with Crippen LogP contribution >= 0.6 is 0 Å². The average Bonchev–Trinajstić information content (AvgIpc) is 3.24. The second kappa shape index (κ2) is 5.33. The first-order chi connectivity index (χ1) is 11.9. The topological polar surface area (TPSA) is 80.0 Å². The van der Waals surface area contributed by atoms with E-state index in [9.17, 15) is 14.7 Å². The lowest BCUT2D eigenvalue weighted by atomic mass is 9.62. The molecule has 2 bridgehead atoms. The first-order valence-electron chi connectivity index (χ1n) is 8.53. The molecule has 1 aliphatic carbocycles. The van der Waals surface area contributed by atoms with Crippen LogP contribution in [-0.4, -0.2) is 41.1 Å². The van der Waals surface area contributed by atoms with Crippen LogP contribution in [0.5, 0.6) is 0 Å². The molecule has 132 valence electrons. The lowest BCUT2D eigenvalue weighted by molar-refractivity contribution is -0.164. The molecule has 0 spiro atoms. The van der Waals surface area contributed by atoms with Crippen LogP contribution in [0.2, 0.25) is 0 Å². The number of furan rings is 1. The minimum absolute atomic E-state index is 0.122. The number of hydrogen-bond donors (Lipinski definition) is 1. The number of amides is 1. The number of carbonyl (C=O) groups is 2. The smallest absolute Gasteiger partial charge is 0.312 e. The number of aliphatic carboxylic acids is 1. The van der Waals surface area contributed by atoms with Crippen molar-refractivity contribution in [2.45, 2.75) is 38.3 Å². The van der Waals surface area contributed by atoms with Gasteiger partial charge in [-0.25, -0.2) is 0 Å². The van der Waals surface area contributed by atoms with Crippen LogP contribution in [0.15, 0.2) is 28.7 Å². The van der Waals surface area contributed by atoms with Crippen molar-refractivity contribution < 1.29 is 23.8 Å². The molecule has 0 radical (unpaired) electrons. The Morgan fingerprint density at radius 1 is 1.28 bits per heavy atom. The van der Waals surface area contributed by atoms with Gasteiger partial charge in [-0.1, -0.05) is 25.1 Å². The average molecular weight is 343 g/mol. The van der Waals surface area contributed by atoms with Gasteiger partial charge in [-0.3, -0.25) is 9.59 Å². The summed E-state index contributed by atoms with van der Waals surface area (Å²) in [6.07, 6.45) is 1.28. The van der Waals surface area contributed by atoms with E-state index in [1.807, 2.05) is 31.2 Å². The van der Waals surface area contributed by atoms with Gasteiger partial charge in [0.05, 0.1) is 12.0 Å². The van der Waals surface area contributed by atoms with Gasteiger partial charge < -0.3 is 19.2 Å². The number of rotatable bonds is 5. The summed E-state index contributed by atoms with van der Waals surface area (Å²) in [5, 5.41) is 10.3. The van der Waals surface area contributed by atoms with E-state index in [0.29, 0.717) is 6.54 Å². The number of ether oxygens (including phenoxy) is 1. The van der Waals surface area contributed by atoms with Crippen molar-refractivity contribution in [3.63, 3.8) is 0 Å². The molecule has 3 aliphatic rings. The number of likely N-dealkylation sites (N-methyl/N-ethyl adjacent to an activating group) is 1. The predicted molar refractivity (Wildman–Crippen MR) is 90.1 cm³/mol. The number of aryl methyl sites for hydroxylation is 1. The first kappa shape index (κ1) is 16.1.